The molecule has 0 bridgehead atoms. The lowest BCUT2D eigenvalue weighted by molar-refractivity contribution is -0.139. The van der Waals surface area contributed by atoms with Gasteiger partial charge in [0.2, 0.25) is 0 Å². The number of aromatic amines is 1. The van der Waals surface area contributed by atoms with Gasteiger partial charge in [0.25, 0.3) is 5.56 Å². The highest BCUT2D eigenvalue weighted by molar-refractivity contribution is 7.19. The third-order valence-electron chi connectivity index (χ3n) is 4.51. The minimum Gasteiger partial charge on any atom is -0.482 e. The van der Waals surface area contributed by atoms with Gasteiger partial charge in [-0.25, -0.2) is 9.78 Å². The lowest BCUT2D eigenvalue weighted by Crippen LogP contribution is -2.12. The Bertz CT molecular complexity index is 1230. The Labute approximate surface area is 170 Å². The number of ether oxygens (including phenoxy) is 1. The molecule has 0 aliphatic carbocycles. The molecular weight excluding hydrogens is 388 g/mol. The van der Waals surface area contributed by atoms with Crippen molar-refractivity contribution in [2.75, 3.05) is 6.61 Å². The first-order valence-corrected chi connectivity index (χ1v) is 9.84. The van der Waals surface area contributed by atoms with Gasteiger partial charge in [-0.05, 0) is 30.2 Å². The van der Waals surface area contributed by atoms with Crippen molar-refractivity contribution >= 4 is 27.5 Å². The van der Waals surface area contributed by atoms with Gasteiger partial charge in [0.1, 0.15) is 16.4 Å². The molecule has 0 aliphatic heterocycles. The number of aryl methyl sites for hydroxylation is 1. The van der Waals surface area contributed by atoms with Gasteiger partial charge in [-0.3, -0.25) is 4.79 Å². The molecule has 0 unspecified atom stereocenters. The van der Waals surface area contributed by atoms with Crippen molar-refractivity contribution in [3.63, 3.8) is 0 Å². The summed E-state index contributed by atoms with van der Waals surface area (Å²) >= 11 is 1.52. The summed E-state index contributed by atoms with van der Waals surface area (Å²) in [4.78, 5) is 32.8. The molecule has 0 fully saturated rings. The molecule has 146 valence electrons. The lowest BCUT2D eigenvalue weighted by atomic mass is 10.0. The second-order valence-electron chi connectivity index (χ2n) is 6.60. The Balaban J connectivity index is 1.63. The number of aliphatic carboxylic acids is 1. The number of fused-ring (bicyclic) bond motifs is 1. The average molecular weight is 406 g/mol. The second kappa shape index (κ2) is 7.89. The average Bonchev–Trinajstić information content (AvgIpc) is 3.04. The standard InChI is InChI=1S/C22H18N2O4S/c1-13-19(15-5-3-2-4-6-15)20-21(27)23-17(24-22(20)29-13)11-14-7-9-16(10-8-14)28-12-18(25)26/h2-10H,11-12H2,1H3,(H,25,26)(H,23,24,27). The Morgan fingerprint density at radius 2 is 1.86 bits per heavy atom. The van der Waals surface area contributed by atoms with Crippen molar-refractivity contribution in [1.29, 1.82) is 0 Å². The topological polar surface area (TPSA) is 92.3 Å². The molecule has 29 heavy (non-hydrogen) atoms. The third-order valence-corrected chi connectivity index (χ3v) is 5.51. The molecule has 2 N–H and O–H groups in total. The predicted molar refractivity (Wildman–Crippen MR) is 113 cm³/mol. The fourth-order valence-corrected chi connectivity index (χ4v) is 4.31. The number of thiophene rings is 1. The number of hydrogen-bond acceptors (Lipinski definition) is 5. The molecular formula is C22H18N2O4S. The fraction of sp³-hybridized carbons (Fsp3) is 0.136. The predicted octanol–water partition coefficient (Wildman–Crippen LogP) is 4.01. The molecule has 0 saturated heterocycles. The molecule has 0 radical (unpaired) electrons. The van der Waals surface area contributed by atoms with Crippen LogP contribution >= 0.6 is 11.3 Å². The van der Waals surface area contributed by atoms with Crippen molar-refractivity contribution in [1.82, 2.24) is 9.97 Å². The van der Waals surface area contributed by atoms with Crippen LogP contribution in [0.3, 0.4) is 0 Å². The van der Waals surface area contributed by atoms with Gasteiger partial charge >= 0.3 is 5.97 Å². The molecule has 2 aromatic heterocycles. The summed E-state index contributed by atoms with van der Waals surface area (Å²) in [7, 11) is 0. The van der Waals surface area contributed by atoms with Crippen molar-refractivity contribution in [3.05, 3.63) is 81.2 Å². The van der Waals surface area contributed by atoms with Crippen LogP contribution in [0.25, 0.3) is 21.3 Å². The van der Waals surface area contributed by atoms with E-state index >= 15 is 0 Å². The molecule has 0 spiro atoms. The summed E-state index contributed by atoms with van der Waals surface area (Å²) in [6, 6.07) is 16.9. The largest absolute Gasteiger partial charge is 0.482 e. The van der Waals surface area contributed by atoms with Crippen LogP contribution in [0.5, 0.6) is 5.75 Å². The summed E-state index contributed by atoms with van der Waals surface area (Å²) < 4.78 is 5.14. The van der Waals surface area contributed by atoms with Crippen LogP contribution in [0.15, 0.2) is 59.4 Å². The van der Waals surface area contributed by atoms with Gasteiger partial charge in [0.15, 0.2) is 6.61 Å². The van der Waals surface area contributed by atoms with Crippen LogP contribution in [0.1, 0.15) is 16.3 Å². The molecule has 0 aliphatic rings. The number of nitrogens with zero attached hydrogens (tertiary/aromatic N) is 1. The van der Waals surface area contributed by atoms with E-state index in [9.17, 15) is 9.59 Å². The van der Waals surface area contributed by atoms with Crippen molar-refractivity contribution < 1.29 is 14.6 Å². The number of carbonyl (C=O) groups is 1. The Kier molecular flexibility index (Phi) is 5.14. The zero-order chi connectivity index (χ0) is 20.4. The number of carboxylic acid groups (broad SMARTS) is 1. The summed E-state index contributed by atoms with van der Waals surface area (Å²) in [6.45, 7) is 1.62. The van der Waals surface area contributed by atoms with E-state index in [-0.39, 0.29) is 12.2 Å². The van der Waals surface area contributed by atoms with E-state index in [1.54, 1.807) is 12.1 Å². The van der Waals surface area contributed by atoms with Crippen molar-refractivity contribution in [2.24, 2.45) is 0 Å². The van der Waals surface area contributed by atoms with E-state index in [4.69, 9.17) is 9.84 Å². The van der Waals surface area contributed by atoms with Gasteiger partial charge in [0, 0.05) is 16.9 Å². The normalized spacial score (nSPS) is 10.9. The van der Waals surface area contributed by atoms with E-state index < -0.39 is 5.97 Å². The molecule has 0 saturated carbocycles. The molecule has 4 rings (SSSR count). The molecule has 2 heterocycles. The Hall–Kier alpha value is -3.45. The minimum atomic E-state index is -1.02. The highest BCUT2D eigenvalue weighted by atomic mass is 32.1. The van der Waals surface area contributed by atoms with Crippen LogP contribution in [-0.2, 0) is 11.2 Å². The van der Waals surface area contributed by atoms with Crippen LogP contribution in [0.2, 0.25) is 0 Å². The zero-order valence-electron chi connectivity index (χ0n) is 15.6. The molecule has 0 atom stereocenters. The van der Waals surface area contributed by atoms with Crippen molar-refractivity contribution in [3.8, 4) is 16.9 Å². The number of hydrogen-bond donors (Lipinski definition) is 2. The third kappa shape index (κ3) is 4.05. The number of benzene rings is 2. The van der Waals surface area contributed by atoms with Crippen LogP contribution in [0, 0.1) is 6.92 Å². The van der Waals surface area contributed by atoms with Gasteiger partial charge < -0.3 is 14.8 Å². The smallest absolute Gasteiger partial charge is 0.341 e. The summed E-state index contributed by atoms with van der Waals surface area (Å²) in [6.07, 6.45) is 0.460. The van der Waals surface area contributed by atoms with Gasteiger partial charge in [0.05, 0.1) is 5.39 Å². The van der Waals surface area contributed by atoms with Crippen LogP contribution in [0.4, 0.5) is 0 Å². The van der Waals surface area contributed by atoms with Crippen LogP contribution < -0.4 is 10.3 Å². The number of aromatic nitrogens is 2. The Morgan fingerprint density at radius 3 is 2.55 bits per heavy atom. The monoisotopic (exact) mass is 406 g/mol. The van der Waals surface area contributed by atoms with E-state index in [0.717, 1.165) is 26.4 Å². The summed E-state index contributed by atoms with van der Waals surface area (Å²) in [5.74, 6) is 0.0438. The number of rotatable bonds is 6. The minimum absolute atomic E-state index is 0.144. The Morgan fingerprint density at radius 1 is 1.14 bits per heavy atom. The van der Waals surface area contributed by atoms with E-state index in [1.165, 1.54) is 11.3 Å². The summed E-state index contributed by atoms with van der Waals surface area (Å²) in [5, 5.41) is 9.29. The first-order chi connectivity index (χ1) is 14.0. The van der Waals surface area contributed by atoms with Gasteiger partial charge in [-0.2, -0.15) is 0 Å². The first-order valence-electron chi connectivity index (χ1n) is 9.02. The number of carboxylic acids is 1. The lowest BCUT2D eigenvalue weighted by Gasteiger charge is -2.06. The maximum absolute atomic E-state index is 12.8. The SMILES string of the molecule is Cc1sc2nc(Cc3ccc(OCC(=O)O)cc3)[nH]c(=O)c2c1-c1ccccc1. The molecule has 7 heteroatoms. The molecule has 0 amide bonds. The van der Waals surface area contributed by atoms with Crippen LogP contribution in [-0.4, -0.2) is 27.7 Å². The maximum Gasteiger partial charge on any atom is 0.341 e. The number of nitrogens with one attached hydrogen (secondary N) is 1. The zero-order valence-corrected chi connectivity index (χ0v) is 16.5. The highest BCUT2D eigenvalue weighted by Crippen LogP contribution is 2.35. The van der Waals surface area contributed by atoms with Gasteiger partial charge in [-0.15, -0.1) is 11.3 Å². The fourth-order valence-electron chi connectivity index (χ4n) is 3.24. The second-order valence-corrected chi connectivity index (χ2v) is 7.80. The number of H-pyrrole nitrogens is 1. The van der Waals surface area contributed by atoms with E-state index in [1.807, 2.05) is 49.4 Å². The molecule has 4 aromatic rings. The van der Waals surface area contributed by atoms with E-state index in [2.05, 4.69) is 9.97 Å². The maximum atomic E-state index is 12.8. The summed E-state index contributed by atoms with van der Waals surface area (Å²) in [5.41, 5.74) is 2.74. The van der Waals surface area contributed by atoms with E-state index in [0.29, 0.717) is 23.4 Å². The highest BCUT2D eigenvalue weighted by Gasteiger charge is 2.16. The first kappa shape index (κ1) is 18.9. The van der Waals surface area contributed by atoms with Gasteiger partial charge in [-0.1, -0.05) is 42.5 Å². The van der Waals surface area contributed by atoms with Crippen molar-refractivity contribution in [2.45, 2.75) is 13.3 Å². The molecule has 6 nitrogen and oxygen atoms in total. The quantitative estimate of drug-likeness (QED) is 0.505. The molecule has 2 aromatic carbocycles.